The Morgan fingerprint density at radius 1 is 1.00 bits per heavy atom. The van der Waals surface area contributed by atoms with Gasteiger partial charge in [-0.2, -0.15) is 0 Å². The molecule has 1 unspecified atom stereocenters. The number of benzene rings is 2. The topological polar surface area (TPSA) is 104 Å². The number of nitrogens with one attached hydrogen (secondary N) is 1. The molecular formula is C31H39N3O5S. The molecule has 0 aromatic heterocycles. The van der Waals surface area contributed by atoms with Crippen LogP contribution >= 0.6 is 0 Å². The van der Waals surface area contributed by atoms with Crippen LogP contribution in [0.25, 0.3) is 0 Å². The van der Waals surface area contributed by atoms with E-state index >= 15 is 0 Å². The number of nitrogens with zero attached hydrogens (tertiary/aromatic N) is 2. The lowest BCUT2D eigenvalue weighted by atomic mass is 9.85. The predicted molar refractivity (Wildman–Crippen MR) is 152 cm³/mol. The molecule has 2 aliphatic heterocycles. The summed E-state index contributed by atoms with van der Waals surface area (Å²) in [6, 6.07) is 11.4. The number of amides is 3. The van der Waals surface area contributed by atoms with Crippen molar-refractivity contribution in [2.24, 2.45) is 11.8 Å². The molecule has 214 valence electrons. The first-order chi connectivity index (χ1) is 19.1. The zero-order valence-electron chi connectivity index (χ0n) is 23.6. The largest absolute Gasteiger partial charge is 0.342 e. The molecule has 0 saturated carbocycles. The highest BCUT2D eigenvalue weighted by atomic mass is 32.2. The van der Waals surface area contributed by atoms with E-state index in [-0.39, 0.29) is 46.6 Å². The van der Waals surface area contributed by atoms with Crippen LogP contribution in [0.1, 0.15) is 66.6 Å². The van der Waals surface area contributed by atoms with Crippen molar-refractivity contribution in [2.45, 2.75) is 75.9 Å². The highest BCUT2D eigenvalue weighted by molar-refractivity contribution is 7.90. The number of sulfone groups is 1. The Labute approximate surface area is 237 Å². The lowest BCUT2D eigenvalue weighted by molar-refractivity contribution is -0.154. The van der Waals surface area contributed by atoms with Gasteiger partial charge in [0.15, 0.2) is 9.84 Å². The fourth-order valence-corrected chi connectivity index (χ4v) is 7.33. The summed E-state index contributed by atoms with van der Waals surface area (Å²) >= 11 is 0. The Kier molecular flexibility index (Phi) is 8.04. The van der Waals surface area contributed by atoms with Crippen LogP contribution in [-0.2, 0) is 38.8 Å². The van der Waals surface area contributed by atoms with Crippen molar-refractivity contribution < 1.29 is 22.8 Å². The first-order valence-electron chi connectivity index (χ1n) is 14.4. The minimum absolute atomic E-state index is 0.0429. The molecular weight excluding hydrogens is 526 g/mol. The molecule has 3 amide bonds. The number of rotatable bonds is 8. The minimum Gasteiger partial charge on any atom is -0.342 e. The highest BCUT2D eigenvalue weighted by Crippen LogP contribution is 2.34. The van der Waals surface area contributed by atoms with E-state index < -0.39 is 21.9 Å². The Bertz CT molecular complexity index is 1390. The Balaban J connectivity index is 1.52. The van der Waals surface area contributed by atoms with E-state index in [1.807, 2.05) is 26.0 Å². The lowest BCUT2D eigenvalue weighted by Gasteiger charge is -2.44. The zero-order chi connectivity index (χ0) is 28.6. The fraction of sp³-hybridized carbons (Fsp3) is 0.516. The number of carbonyl (C=O) groups is 3. The molecule has 2 heterocycles. The fourth-order valence-electron chi connectivity index (χ4n) is 6.68. The van der Waals surface area contributed by atoms with E-state index in [4.69, 9.17) is 0 Å². The number of piperazine rings is 1. The van der Waals surface area contributed by atoms with Crippen LogP contribution in [0.5, 0.6) is 0 Å². The van der Waals surface area contributed by atoms with Crippen LogP contribution in [0.15, 0.2) is 47.4 Å². The summed E-state index contributed by atoms with van der Waals surface area (Å²) in [6.07, 6.45) is 5.82. The van der Waals surface area contributed by atoms with Gasteiger partial charge in [0.1, 0.15) is 12.1 Å². The summed E-state index contributed by atoms with van der Waals surface area (Å²) in [7, 11) is -3.55. The maximum absolute atomic E-state index is 14.2. The summed E-state index contributed by atoms with van der Waals surface area (Å²) < 4.78 is 24.8. The number of hydrogen-bond donors (Lipinski definition) is 1. The summed E-state index contributed by atoms with van der Waals surface area (Å²) in [5.41, 5.74) is 3.27. The van der Waals surface area contributed by atoms with Gasteiger partial charge in [0.2, 0.25) is 11.8 Å². The second-order valence-corrected chi connectivity index (χ2v) is 13.5. The molecule has 9 heteroatoms. The molecule has 1 aliphatic carbocycles. The normalized spacial score (nSPS) is 21.7. The van der Waals surface area contributed by atoms with Crippen LogP contribution in [0.4, 0.5) is 0 Å². The zero-order valence-corrected chi connectivity index (χ0v) is 24.4. The van der Waals surface area contributed by atoms with Gasteiger partial charge in [-0.05, 0) is 66.3 Å². The molecule has 2 aromatic rings. The van der Waals surface area contributed by atoms with Crippen LogP contribution in [0.3, 0.4) is 0 Å². The van der Waals surface area contributed by atoms with Crippen LogP contribution in [0, 0.1) is 11.8 Å². The maximum atomic E-state index is 14.2. The summed E-state index contributed by atoms with van der Waals surface area (Å²) in [4.78, 5) is 45.0. The molecule has 2 aromatic carbocycles. The monoisotopic (exact) mass is 565 g/mol. The summed E-state index contributed by atoms with van der Waals surface area (Å²) in [6.45, 7) is 5.35. The number of hydrogen-bond acceptors (Lipinski definition) is 5. The molecule has 2 fully saturated rings. The van der Waals surface area contributed by atoms with Crippen molar-refractivity contribution in [2.75, 3.05) is 19.3 Å². The molecule has 0 bridgehead atoms. The number of fused-ring (bicyclic) bond motifs is 1. The van der Waals surface area contributed by atoms with Crippen molar-refractivity contribution in [3.8, 4) is 0 Å². The summed E-state index contributed by atoms with van der Waals surface area (Å²) in [5, 5.41) is 3.08. The predicted octanol–water partition coefficient (Wildman–Crippen LogP) is 3.37. The third-order valence-electron chi connectivity index (χ3n) is 8.97. The van der Waals surface area contributed by atoms with Gasteiger partial charge in [-0.1, -0.05) is 57.0 Å². The molecule has 2 atom stereocenters. The molecule has 40 heavy (non-hydrogen) atoms. The van der Waals surface area contributed by atoms with Gasteiger partial charge in [0.25, 0.3) is 5.91 Å². The standard InChI is InChI=1S/C31H39N3O5S/c1-4-20(5-2)28-29(35)32-27(24-16-21-10-6-7-11-22(21)17-24)31(37)34(28)19-23-12-13-25(40(3,38)39)18-26(23)30(36)33-14-8-9-15-33/h6-7,10-13,18,20,24,27-28H,4-5,8-9,14-17,19H2,1-3H3,(H,32,35)/t27?,28-/m1/s1. The van der Waals surface area contributed by atoms with Crippen LogP contribution < -0.4 is 5.32 Å². The van der Waals surface area contributed by atoms with Crippen molar-refractivity contribution in [3.05, 3.63) is 64.7 Å². The lowest BCUT2D eigenvalue weighted by Crippen LogP contribution is -2.66. The number of likely N-dealkylation sites (tertiary alicyclic amines) is 1. The average Bonchev–Trinajstić information content (AvgIpc) is 3.62. The molecule has 1 N–H and O–H groups in total. The second-order valence-electron chi connectivity index (χ2n) is 11.5. The molecule has 8 nitrogen and oxygen atoms in total. The van der Waals surface area contributed by atoms with Crippen molar-refractivity contribution in [1.29, 1.82) is 0 Å². The van der Waals surface area contributed by atoms with Gasteiger partial charge in [-0.25, -0.2) is 8.42 Å². The third-order valence-corrected chi connectivity index (χ3v) is 10.1. The molecule has 5 rings (SSSR count). The Morgan fingerprint density at radius 2 is 1.62 bits per heavy atom. The van der Waals surface area contributed by atoms with Gasteiger partial charge in [0.05, 0.1) is 4.90 Å². The first kappa shape index (κ1) is 28.3. The van der Waals surface area contributed by atoms with E-state index in [1.165, 1.54) is 23.3 Å². The molecule has 3 aliphatic rings. The second kappa shape index (κ2) is 11.4. The minimum atomic E-state index is -3.55. The van der Waals surface area contributed by atoms with Crippen molar-refractivity contribution in [1.82, 2.24) is 15.1 Å². The van der Waals surface area contributed by atoms with Gasteiger partial charge in [-0.3, -0.25) is 14.4 Å². The summed E-state index contributed by atoms with van der Waals surface area (Å²) in [5.74, 6) is -0.611. The van der Waals surface area contributed by atoms with Gasteiger partial charge < -0.3 is 15.1 Å². The average molecular weight is 566 g/mol. The Hall–Kier alpha value is -3.20. The molecule has 0 radical (unpaired) electrons. The smallest absolute Gasteiger partial charge is 0.254 e. The van der Waals surface area contributed by atoms with E-state index in [0.717, 1.165) is 44.8 Å². The van der Waals surface area contributed by atoms with Crippen LogP contribution in [0.2, 0.25) is 0 Å². The van der Waals surface area contributed by atoms with Gasteiger partial charge in [-0.15, -0.1) is 0 Å². The maximum Gasteiger partial charge on any atom is 0.254 e. The van der Waals surface area contributed by atoms with E-state index in [2.05, 4.69) is 17.4 Å². The number of carbonyl (C=O) groups excluding carboxylic acids is 3. The van der Waals surface area contributed by atoms with Crippen molar-refractivity contribution >= 4 is 27.6 Å². The van der Waals surface area contributed by atoms with Gasteiger partial charge in [0, 0.05) is 31.5 Å². The van der Waals surface area contributed by atoms with E-state index in [1.54, 1.807) is 15.9 Å². The molecule has 0 spiro atoms. The highest BCUT2D eigenvalue weighted by Gasteiger charge is 2.47. The van der Waals surface area contributed by atoms with Gasteiger partial charge >= 0.3 is 0 Å². The quantitative estimate of drug-likeness (QED) is 0.529. The van der Waals surface area contributed by atoms with E-state index in [0.29, 0.717) is 18.7 Å². The van der Waals surface area contributed by atoms with Crippen LogP contribution in [-0.4, -0.2) is 67.4 Å². The third kappa shape index (κ3) is 5.40. The first-order valence-corrected chi connectivity index (χ1v) is 16.3. The SMILES string of the molecule is CCC(CC)[C@@H]1C(=O)NC(C2Cc3ccccc3C2)C(=O)N1Cc1ccc(S(C)(=O)=O)cc1C(=O)N1CCCC1. The molecule has 2 saturated heterocycles. The Morgan fingerprint density at radius 3 is 2.20 bits per heavy atom. The van der Waals surface area contributed by atoms with E-state index in [9.17, 15) is 22.8 Å². The van der Waals surface area contributed by atoms with Crippen molar-refractivity contribution in [3.63, 3.8) is 0 Å².